The highest BCUT2D eigenvalue weighted by atomic mass is 16.5. The van der Waals surface area contributed by atoms with Gasteiger partial charge < -0.3 is 18.9 Å². The predicted octanol–water partition coefficient (Wildman–Crippen LogP) is 9.32. The van der Waals surface area contributed by atoms with Gasteiger partial charge in [0.2, 0.25) is 0 Å². The van der Waals surface area contributed by atoms with Gasteiger partial charge >= 0.3 is 23.9 Å². The molecule has 0 aliphatic carbocycles. The quantitative estimate of drug-likeness (QED) is 0.0160. The van der Waals surface area contributed by atoms with Crippen molar-refractivity contribution < 1.29 is 47.7 Å². The minimum atomic E-state index is -0.702. The molecule has 0 N–H and O–H groups in total. The Balaban J connectivity index is 1.14. The SMILES string of the molecule is C=CC(=O)OCCCCC(=O)c1ccc(C#Cc2ccc(-c3ccc(C(=O)Oc4ccc(C#Cc5ccc(C(=O)CCCCOC(=O)C=C)cc5)cc4C(=O)OC)cc3)cc2)cc1. The van der Waals surface area contributed by atoms with Gasteiger partial charge in [-0.25, -0.2) is 19.2 Å². The monoisotopic (exact) mass is 840 g/mol. The number of ketones is 2. The summed E-state index contributed by atoms with van der Waals surface area (Å²) in [6.45, 7) is 7.18. The van der Waals surface area contributed by atoms with Gasteiger partial charge in [-0.1, -0.05) is 85.4 Å². The van der Waals surface area contributed by atoms with Crippen molar-refractivity contribution in [1.29, 1.82) is 0 Å². The highest BCUT2D eigenvalue weighted by Gasteiger charge is 2.18. The number of carbonyl (C=O) groups excluding carboxylic acids is 6. The molecule has 10 nitrogen and oxygen atoms in total. The first-order valence-electron chi connectivity index (χ1n) is 20.1. The zero-order valence-electron chi connectivity index (χ0n) is 34.8. The third-order valence-corrected chi connectivity index (χ3v) is 9.46. The lowest BCUT2D eigenvalue weighted by atomic mass is 10.0. The van der Waals surface area contributed by atoms with Gasteiger partial charge in [0.25, 0.3) is 0 Å². The van der Waals surface area contributed by atoms with Gasteiger partial charge in [0.05, 0.1) is 25.9 Å². The van der Waals surface area contributed by atoms with Crippen molar-refractivity contribution in [3.05, 3.63) is 185 Å². The minimum absolute atomic E-state index is 0.0139. The minimum Gasteiger partial charge on any atom is -0.465 e. The molecule has 10 heteroatoms. The second-order valence-electron chi connectivity index (χ2n) is 13.9. The summed E-state index contributed by atoms with van der Waals surface area (Å²) in [5, 5.41) is 0. The third kappa shape index (κ3) is 14.3. The van der Waals surface area contributed by atoms with E-state index in [4.69, 9.17) is 18.9 Å². The molecule has 5 aromatic rings. The molecule has 0 saturated heterocycles. The summed E-state index contributed by atoms with van der Waals surface area (Å²) in [6, 6.07) is 33.1. The molecular formula is C53H44O10. The van der Waals surface area contributed by atoms with E-state index in [9.17, 15) is 28.8 Å². The average Bonchev–Trinajstić information content (AvgIpc) is 3.32. The lowest BCUT2D eigenvalue weighted by molar-refractivity contribution is -0.138. The third-order valence-electron chi connectivity index (χ3n) is 9.46. The lowest BCUT2D eigenvalue weighted by Gasteiger charge is -2.10. The molecule has 0 radical (unpaired) electrons. The van der Waals surface area contributed by atoms with Gasteiger partial charge in [0.15, 0.2) is 11.6 Å². The van der Waals surface area contributed by atoms with Gasteiger partial charge in [0, 0.05) is 58.4 Å². The van der Waals surface area contributed by atoms with Crippen LogP contribution in [0.5, 0.6) is 5.75 Å². The van der Waals surface area contributed by atoms with Gasteiger partial charge in [-0.2, -0.15) is 0 Å². The van der Waals surface area contributed by atoms with Crippen LogP contribution in [0, 0.1) is 23.7 Å². The van der Waals surface area contributed by atoms with Crippen molar-refractivity contribution in [1.82, 2.24) is 0 Å². The molecule has 0 heterocycles. The summed E-state index contributed by atoms with van der Waals surface area (Å²) in [5.74, 6) is 9.95. The van der Waals surface area contributed by atoms with Crippen molar-refractivity contribution in [2.75, 3.05) is 20.3 Å². The number of ether oxygens (including phenoxy) is 4. The standard InChI is InChI=1S/C53H44O10/c1-4-50(56)61-34-8-6-10-47(54)43-25-18-38(19-26-43)13-12-37-16-23-41(24-17-37)42-29-31-45(32-30-42)52(58)63-49-33-22-40(36-46(49)53(59)60-3)15-14-39-20-27-44(28-21-39)48(55)11-7-9-35-62-51(57)5-2/h4-5,16-33,36H,1-2,6-11,34-35H2,3H3. The Morgan fingerprint density at radius 2 is 0.889 bits per heavy atom. The predicted molar refractivity (Wildman–Crippen MR) is 238 cm³/mol. The number of unbranched alkanes of at least 4 members (excludes halogenated alkanes) is 2. The average molecular weight is 841 g/mol. The Kier molecular flexibility index (Phi) is 17.3. The van der Waals surface area contributed by atoms with E-state index in [0.29, 0.717) is 60.8 Å². The van der Waals surface area contributed by atoms with Crippen molar-refractivity contribution in [3.8, 4) is 40.6 Å². The zero-order chi connectivity index (χ0) is 45.0. The first-order valence-corrected chi connectivity index (χ1v) is 20.1. The Hall–Kier alpha value is -8.08. The second-order valence-corrected chi connectivity index (χ2v) is 13.9. The van der Waals surface area contributed by atoms with Crippen LogP contribution in [0.25, 0.3) is 11.1 Å². The number of hydrogen-bond acceptors (Lipinski definition) is 10. The molecule has 0 aliphatic rings. The number of esters is 4. The van der Waals surface area contributed by atoms with E-state index < -0.39 is 23.9 Å². The first-order chi connectivity index (χ1) is 30.6. The molecular weight excluding hydrogens is 797 g/mol. The smallest absolute Gasteiger partial charge is 0.343 e. The molecule has 0 atom stereocenters. The molecule has 5 rings (SSSR count). The topological polar surface area (TPSA) is 139 Å². The van der Waals surface area contributed by atoms with E-state index in [0.717, 1.165) is 34.4 Å². The van der Waals surface area contributed by atoms with Crippen LogP contribution < -0.4 is 4.74 Å². The van der Waals surface area contributed by atoms with Crippen LogP contribution in [0.3, 0.4) is 0 Å². The number of hydrogen-bond donors (Lipinski definition) is 0. The fourth-order valence-electron chi connectivity index (χ4n) is 5.96. The first kappa shape index (κ1) is 46.0. The van der Waals surface area contributed by atoms with Crippen molar-refractivity contribution >= 4 is 35.4 Å². The van der Waals surface area contributed by atoms with E-state index in [2.05, 4.69) is 36.8 Å². The molecule has 0 spiro atoms. The van der Waals surface area contributed by atoms with Crippen molar-refractivity contribution in [3.63, 3.8) is 0 Å². The van der Waals surface area contributed by atoms with Crippen LogP contribution in [0.4, 0.5) is 0 Å². The molecule has 0 bridgehead atoms. The number of rotatable bonds is 18. The number of Topliss-reactive ketones (excluding diaryl/α,β-unsaturated/α-hetero) is 2. The Labute approximate surface area is 366 Å². The van der Waals surface area contributed by atoms with Gasteiger partial charge in [-0.3, -0.25) is 9.59 Å². The number of methoxy groups -OCH3 is 1. The van der Waals surface area contributed by atoms with E-state index >= 15 is 0 Å². The summed E-state index contributed by atoms with van der Waals surface area (Å²) in [7, 11) is 1.23. The molecule has 0 saturated carbocycles. The Bertz CT molecular complexity index is 2600. The maximum Gasteiger partial charge on any atom is 0.343 e. The van der Waals surface area contributed by atoms with E-state index in [1.807, 2.05) is 36.4 Å². The van der Waals surface area contributed by atoms with E-state index in [1.54, 1.807) is 66.7 Å². The Morgan fingerprint density at radius 1 is 0.492 bits per heavy atom. The van der Waals surface area contributed by atoms with Crippen LogP contribution in [0.2, 0.25) is 0 Å². The van der Waals surface area contributed by atoms with Gasteiger partial charge in [-0.05, 0) is 104 Å². The molecule has 63 heavy (non-hydrogen) atoms. The summed E-state index contributed by atoms with van der Waals surface area (Å²) in [5.41, 5.74) is 5.91. The van der Waals surface area contributed by atoms with Gasteiger partial charge in [0.1, 0.15) is 11.3 Å². The normalized spacial score (nSPS) is 10.1. The van der Waals surface area contributed by atoms with Crippen LogP contribution in [0.1, 0.15) is 102 Å². The van der Waals surface area contributed by atoms with Crippen LogP contribution in [-0.4, -0.2) is 55.8 Å². The van der Waals surface area contributed by atoms with Crippen LogP contribution in [0.15, 0.2) is 141 Å². The largest absolute Gasteiger partial charge is 0.465 e. The van der Waals surface area contributed by atoms with Crippen molar-refractivity contribution in [2.24, 2.45) is 0 Å². The highest BCUT2D eigenvalue weighted by Crippen LogP contribution is 2.25. The van der Waals surface area contributed by atoms with E-state index in [-0.39, 0.29) is 41.7 Å². The molecule has 0 fully saturated rings. The summed E-state index contributed by atoms with van der Waals surface area (Å²) in [4.78, 5) is 73.2. The Morgan fingerprint density at radius 3 is 1.33 bits per heavy atom. The van der Waals surface area contributed by atoms with Crippen LogP contribution in [-0.2, 0) is 23.8 Å². The molecule has 0 aromatic heterocycles. The molecule has 316 valence electrons. The molecule has 0 aliphatic heterocycles. The highest BCUT2D eigenvalue weighted by molar-refractivity contribution is 5.98. The maximum absolute atomic E-state index is 13.2. The second kappa shape index (κ2) is 23.6. The number of carbonyl (C=O) groups is 6. The summed E-state index contributed by atoms with van der Waals surface area (Å²) in [6.07, 6.45) is 5.23. The zero-order valence-corrected chi connectivity index (χ0v) is 34.8. The lowest BCUT2D eigenvalue weighted by Crippen LogP contribution is -2.12. The molecule has 0 amide bonds. The fourth-order valence-corrected chi connectivity index (χ4v) is 5.96. The summed E-state index contributed by atoms with van der Waals surface area (Å²) < 4.78 is 20.5. The molecule has 0 unspecified atom stereocenters. The molecule has 5 aromatic carbocycles. The fraction of sp³-hybridized carbons (Fsp3) is 0.170. The van der Waals surface area contributed by atoms with Crippen molar-refractivity contribution in [2.45, 2.75) is 38.5 Å². The summed E-state index contributed by atoms with van der Waals surface area (Å²) >= 11 is 0. The van der Waals surface area contributed by atoms with Crippen LogP contribution >= 0.6 is 0 Å². The maximum atomic E-state index is 13.2. The van der Waals surface area contributed by atoms with E-state index in [1.165, 1.54) is 19.2 Å². The van der Waals surface area contributed by atoms with Gasteiger partial charge in [-0.15, -0.1) is 0 Å². The number of benzene rings is 5.